The van der Waals surface area contributed by atoms with E-state index in [-0.39, 0.29) is 14.4 Å². The molecule has 0 radical (unpaired) electrons. The molecule has 0 atom stereocenters. The van der Waals surface area contributed by atoms with E-state index in [9.17, 15) is 8.42 Å². The van der Waals surface area contributed by atoms with Crippen molar-refractivity contribution in [3.63, 3.8) is 0 Å². The molecule has 0 bridgehead atoms. The minimum atomic E-state index is -3.65. The van der Waals surface area contributed by atoms with Crippen LogP contribution >= 0.6 is 22.9 Å². The molecule has 2 aromatic heterocycles. The number of nitrogens with one attached hydrogen (secondary N) is 1. The average Bonchev–Trinajstić information content (AvgIpc) is 2.66. The molecule has 84 valence electrons. The van der Waals surface area contributed by atoms with Gasteiger partial charge in [-0.25, -0.2) is 23.4 Å². The molecule has 1 N–H and O–H groups in total. The van der Waals surface area contributed by atoms with Gasteiger partial charge in [0, 0.05) is 0 Å². The van der Waals surface area contributed by atoms with Crippen LogP contribution in [0.2, 0.25) is 4.47 Å². The van der Waals surface area contributed by atoms with Crippen LogP contribution in [-0.4, -0.2) is 23.4 Å². The Morgan fingerprint density at radius 1 is 1.25 bits per heavy atom. The van der Waals surface area contributed by atoms with Crippen molar-refractivity contribution in [1.29, 1.82) is 0 Å². The van der Waals surface area contributed by atoms with Gasteiger partial charge in [0.15, 0.2) is 8.68 Å². The lowest BCUT2D eigenvalue weighted by Gasteiger charge is -2.03. The van der Waals surface area contributed by atoms with Crippen molar-refractivity contribution in [3.8, 4) is 0 Å². The fourth-order valence-corrected chi connectivity index (χ4v) is 3.24. The summed E-state index contributed by atoms with van der Waals surface area (Å²) in [4.78, 5) is 11.0. The fraction of sp³-hybridized carbons (Fsp3) is 0. The van der Waals surface area contributed by atoms with E-state index >= 15 is 0 Å². The SMILES string of the molecule is O=S(=O)(Nc1cncnc1)c1cnc(Cl)s1. The first kappa shape index (κ1) is 11.2. The van der Waals surface area contributed by atoms with E-state index < -0.39 is 10.0 Å². The van der Waals surface area contributed by atoms with E-state index in [0.717, 1.165) is 11.3 Å². The van der Waals surface area contributed by atoms with Crippen molar-refractivity contribution >= 4 is 38.6 Å². The molecule has 0 amide bonds. The van der Waals surface area contributed by atoms with Gasteiger partial charge in [0.25, 0.3) is 10.0 Å². The van der Waals surface area contributed by atoms with E-state index in [2.05, 4.69) is 19.7 Å². The maximum absolute atomic E-state index is 11.8. The van der Waals surface area contributed by atoms with Crippen molar-refractivity contribution in [2.24, 2.45) is 0 Å². The summed E-state index contributed by atoms with van der Waals surface area (Å²) < 4.78 is 26.0. The lowest BCUT2D eigenvalue weighted by atomic mass is 10.6. The van der Waals surface area contributed by atoms with Crippen LogP contribution in [0.3, 0.4) is 0 Å². The van der Waals surface area contributed by atoms with Gasteiger partial charge < -0.3 is 0 Å². The Kier molecular flexibility index (Phi) is 3.03. The van der Waals surface area contributed by atoms with Gasteiger partial charge in [-0.2, -0.15) is 0 Å². The summed E-state index contributed by atoms with van der Waals surface area (Å²) in [6.07, 6.45) is 5.21. The smallest absolute Gasteiger partial charge is 0.273 e. The van der Waals surface area contributed by atoms with Gasteiger partial charge in [0.05, 0.1) is 24.3 Å². The van der Waals surface area contributed by atoms with Crippen LogP contribution in [0.15, 0.2) is 29.1 Å². The molecule has 0 fully saturated rings. The first-order valence-corrected chi connectivity index (χ1v) is 6.65. The van der Waals surface area contributed by atoms with Crippen LogP contribution in [0, 0.1) is 0 Å². The molecule has 0 saturated carbocycles. The summed E-state index contributed by atoms with van der Waals surface area (Å²) in [5.41, 5.74) is 0.284. The number of halogens is 1. The Morgan fingerprint density at radius 3 is 2.50 bits per heavy atom. The Morgan fingerprint density at radius 2 is 1.94 bits per heavy atom. The molecule has 16 heavy (non-hydrogen) atoms. The van der Waals surface area contributed by atoms with E-state index in [0.29, 0.717) is 0 Å². The van der Waals surface area contributed by atoms with E-state index in [1.807, 2.05) is 0 Å². The predicted molar refractivity (Wildman–Crippen MR) is 60.0 cm³/mol. The summed E-state index contributed by atoms with van der Waals surface area (Å²) in [7, 11) is -3.65. The largest absolute Gasteiger partial charge is 0.276 e. The molecule has 0 spiro atoms. The molecule has 0 aliphatic carbocycles. The number of rotatable bonds is 3. The topological polar surface area (TPSA) is 84.8 Å². The van der Waals surface area contributed by atoms with Crippen molar-refractivity contribution in [1.82, 2.24) is 15.0 Å². The van der Waals surface area contributed by atoms with Crippen LogP contribution in [0.1, 0.15) is 0 Å². The van der Waals surface area contributed by atoms with Crippen LogP contribution in [0.25, 0.3) is 0 Å². The second-order valence-electron chi connectivity index (χ2n) is 2.66. The van der Waals surface area contributed by atoms with Gasteiger partial charge in [-0.15, -0.1) is 0 Å². The van der Waals surface area contributed by atoms with Gasteiger partial charge in [0.2, 0.25) is 0 Å². The van der Waals surface area contributed by atoms with Crippen molar-refractivity contribution < 1.29 is 8.42 Å². The highest BCUT2D eigenvalue weighted by Crippen LogP contribution is 2.24. The lowest BCUT2D eigenvalue weighted by Crippen LogP contribution is -2.11. The Hall–Kier alpha value is -1.25. The van der Waals surface area contributed by atoms with Gasteiger partial charge in [-0.05, 0) is 0 Å². The summed E-state index contributed by atoms with van der Waals surface area (Å²) in [5, 5.41) is 0. The molecule has 2 heterocycles. The van der Waals surface area contributed by atoms with Crippen LogP contribution < -0.4 is 4.72 Å². The average molecular weight is 277 g/mol. The second-order valence-corrected chi connectivity index (χ2v) is 6.19. The quantitative estimate of drug-likeness (QED) is 0.916. The number of thiazole rings is 1. The zero-order valence-corrected chi connectivity index (χ0v) is 10.1. The van der Waals surface area contributed by atoms with Crippen molar-refractivity contribution in [3.05, 3.63) is 29.4 Å². The zero-order chi connectivity index (χ0) is 11.6. The Balaban J connectivity index is 2.28. The molecule has 0 aliphatic rings. The summed E-state index contributed by atoms with van der Waals surface area (Å²) in [6.45, 7) is 0. The maximum atomic E-state index is 11.8. The highest BCUT2D eigenvalue weighted by molar-refractivity contribution is 7.94. The first-order chi connectivity index (χ1) is 7.58. The molecule has 9 heteroatoms. The highest BCUT2D eigenvalue weighted by atomic mass is 35.5. The lowest BCUT2D eigenvalue weighted by molar-refractivity contribution is 0.603. The van der Waals surface area contributed by atoms with Crippen LogP contribution in [0.5, 0.6) is 0 Å². The molecule has 6 nitrogen and oxygen atoms in total. The zero-order valence-electron chi connectivity index (χ0n) is 7.66. The van der Waals surface area contributed by atoms with E-state index in [1.54, 1.807) is 0 Å². The number of hydrogen-bond acceptors (Lipinski definition) is 6. The molecule has 0 aromatic carbocycles. The van der Waals surface area contributed by atoms with Crippen molar-refractivity contribution in [2.45, 2.75) is 4.21 Å². The first-order valence-electron chi connectivity index (χ1n) is 3.97. The number of nitrogens with zero attached hydrogens (tertiary/aromatic N) is 3. The van der Waals surface area contributed by atoms with E-state index in [4.69, 9.17) is 11.6 Å². The predicted octanol–water partition coefficient (Wildman–Crippen LogP) is 1.39. The minimum Gasteiger partial charge on any atom is -0.276 e. The molecular weight excluding hydrogens is 272 g/mol. The van der Waals surface area contributed by atoms with Gasteiger partial charge in [0.1, 0.15) is 6.33 Å². The van der Waals surface area contributed by atoms with Crippen LogP contribution in [-0.2, 0) is 10.0 Å². The molecule has 0 saturated heterocycles. The molecule has 0 unspecified atom stereocenters. The minimum absolute atomic E-state index is 0.0429. The third-order valence-electron chi connectivity index (χ3n) is 1.53. The number of sulfonamides is 1. The van der Waals surface area contributed by atoms with E-state index in [1.165, 1.54) is 24.9 Å². The molecule has 0 aliphatic heterocycles. The number of aromatic nitrogens is 3. The third kappa shape index (κ3) is 2.46. The summed E-state index contributed by atoms with van der Waals surface area (Å²) >= 11 is 6.44. The normalized spacial score (nSPS) is 11.3. The van der Waals surface area contributed by atoms with Crippen LogP contribution in [0.4, 0.5) is 5.69 Å². The number of anilines is 1. The number of hydrogen-bond donors (Lipinski definition) is 1. The van der Waals surface area contributed by atoms with Gasteiger partial charge >= 0.3 is 0 Å². The standard InChI is InChI=1S/C7H5ClN4O2S2/c8-7-11-3-6(15-7)16(13,14)12-5-1-9-4-10-2-5/h1-4,12H. The fourth-order valence-electron chi connectivity index (χ4n) is 0.921. The summed E-state index contributed by atoms with van der Waals surface area (Å²) in [6, 6.07) is 0. The molecule has 2 aromatic rings. The molecular formula is C7H5ClN4O2S2. The maximum Gasteiger partial charge on any atom is 0.273 e. The van der Waals surface area contributed by atoms with Crippen molar-refractivity contribution in [2.75, 3.05) is 4.72 Å². The molecule has 2 rings (SSSR count). The second kappa shape index (κ2) is 4.32. The Labute approximate surface area is 100 Å². The Bertz CT molecular complexity index is 583. The van der Waals surface area contributed by atoms with Gasteiger partial charge in [-0.1, -0.05) is 22.9 Å². The summed E-state index contributed by atoms with van der Waals surface area (Å²) in [5.74, 6) is 0. The van der Waals surface area contributed by atoms with Gasteiger partial charge in [-0.3, -0.25) is 4.72 Å². The highest BCUT2D eigenvalue weighted by Gasteiger charge is 2.17. The monoisotopic (exact) mass is 276 g/mol. The third-order valence-corrected chi connectivity index (χ3v) is 4.49.